The van der Waals surface area contributed by atoms with Gasteiger partial charge < -0.3 is 19.7 Å². The number of amides is 1. The van der Waals surface area contributed by atoms with Crippen molar-refractivity contribution < 1.29 is 19.4 Å². The molecule has 0 radical (unpaired) electrons. The number of carbonyl (C=O) groups excluding carboxylic acids is 1. The summed E-state index contributed by atoms with van der Waals surface area (Å²) in [7, 11) is 2.02. The molecule has 38 heavy (non-hydrogen) atoms. The highest BCUT2D eigenvalue weighted by molar-refractivity contribution is 14.1. The predicted octanol–water partition coefficient (Wildman–Crippen LogP) is 6.55. The van der Waals surface area contributed by atoms with Gasteiger partial charge in [0.05, 0.1) is 17.5 Å². The van der Waals surface area contributed by atoms with E-state index in [2.05, 4.69) is 39.4 Å². The summed E-state index contributed by atoms with van der Waals surface area (Å²) in [5, 5.41) is 12.1. The molecule has 9 heteroatoms. The maximum atomic E-state index is 12.3. The molecular formula is C29H29ClIN3O4. The van der Waals surface area contributed by atoms with Gasteiger partial charge in [0.2, 0.25) is 0 Å². The number of rotatable bonds is 11. The second-order valence-electron chi connectivity index (χ2n) is 9.07. The van der Waals surface area contributed by atoms with Gasteiger partial charge in [0.15, 0.2) is 0 Å². The zero-order valence-corrected chi connectivity index (χ0v) is 24.1. The van der Waals surface area contributed by atoms with Gasteiger partial charge in [-0.1, -0.05) is 43.1 Å². The molecule has 0 fully saturated rings. The molecule has 1 amide bonds. The highest BCUT2D eigenvalue weighted by atomic mass is 127. The normalized spacial score (nSPS) is 11.9. The number of fused-ring (bicyclic) bond motifs is 1. The molecule has 0 aliphatic heterocycles. The quantitative estimate of drug-likeness (QED) is 0.181. The molecule has 1 unspecified atom stereocenters. The third-order valence-electron chi connectivity index (χ3n) is 6.39. The van der Waals surface area contributed by atoms with Crippen LogP contribution in [-0.2, 0) is 18.4 Å². The first kappa shape index (κ1) is 27.9. The fourth-order valence-electron chi connectivity index (χ4n) is 4.38. The first-order valence-electron chi connectivity index (χ1n) is 12.4. The summed E-state index contributed by atoms with van der Waals surface area (Å²) in [5.41, 5.74) is 4.35. The molecule has 198 valence electrons. The van der Waals surface area contributed by atoms with E-state index >= 15 is 0 Å². The van der Waals surface area contributed by atoms with E-state index in [9.17, 15) is 9.59 Å². The monoisotopic (exact) mass is 645 g/mol. The maximum Gasteiger partial charge on any atom is 0.305 e. The Labute approximate surface area is 240 Å². The van der Waals surface area contributed by atoms with E-state index in [0.717, 1.165) is 50.1 Å². The number of carboxylic acids is 1. The van der Waals surface area contributed by atoms with Crippen LogP contribution in [0.25, 0.3) is 11.0 Å². The number of aryl methyl sites for hydroxylation is 1. The maximum absolute atomic E-state index is 12.3. The van der Waals surface area contributed by atoms with E-state index in [0.29, 0.717) is 17.2 Å². The molecule has 4 aromatic rings. The van der Waals surface area contributed by atoms with Crippen LogP contribution in [0.2, 0.25) is 5.02 Å². The topological polar surface area (TPSA) is 93.5 Å². The van der Waals surface area contributed by atoms with Gasteiger partial charge in [0.1, 0.15) is 18.2 Å². The van der Waals surface area contributed by atoms with Crippen LogP contribution in [0.1, 0.15) is 59.4 Å². The molecule has 1 aromatic heterocycles. The highest BCUT2D eigenvalue weighted by Gasteiger charge is 2.21. The van der Waals surface area contributed by atoms with Gasteiger partial charge in [-0.05, 0) is 71.0 Å². The van der Waals surface area contributed by atoms with E-state index in [-0.39, 0.29) is 24.8 Å². The minimum atomic E-state index is -0.945. The summed E-state index contributed by atoms with van der Waals surface area (Å²) in [6.45, 7) is 2.61. The van der Waals surface area contributed by atoms with Crippen molar-refractivity contribution in [2.75, 3.05) is 6.54 Å². The second kappa shape index (κ2) is 12.6. The Morgan fingerprint density at radius 2 is 1.89 bits per heavy atom. The van der Waals surface area contributed by atoms with E-state index in [4.69, 9.17) is 26.4 Å². The molecule has 2 N–H and O–H groups in total. The fourth-order valence-corrected chi connectivity index (χ4v) is 5.30. The molecule has 0 aliphatic rings. The minimum absolute atomic E-state index is 0.0523. The highest BCUT2D eigenvalue weighted by Crippen LogP contribution is 2.32. The summed E-state index contributed by atoms with van der Waals surface area (Å²) in [4.78, 5) is 28.0. The lowest BCUT2D eigenvalue weighted by atomic mass is 9.92. The first-order chi connectivity index (χ1) is 18.3. The Kier molecular flexibility index (Phi) is 9.27. The Balaban J connectivity index is 1.53. The number of ether oxygens (including phenoxy) is 1. The smallest absolute Gasteiger partial charge is 0.305 e. The van der Waals surface area contributed by atoms with Crippen LogP contribution < -0.4 is 10.1 Å². The lowest BCUT2D eigenvalue weighted by Gasteiger charge is -2.17. The number of hydrogen-bond donors (Lipinski definition) is 2. The number of aliphatic carboxylic acids is 1. The number of nitrogens with one attached hydrogen (secondary N) is 1. The zero-order valence-electron chi connectivity index (χ0n) is 21.2. The van der Waals surface area contributed by atoms with Crippen LogP contribution in [0.4, 0.5) is 0 Å². The van der Waals surface area contributed by atoms with Gasteiger partial charge in [-0.3, -0.25) is 9.59 Å². The minimum Gasteiger partial charge on any atom is -0.489 e. The van der Waals surface area contributed by atoms with Crippen molar-refractivity contribution in [3.05, 3.63) is 91.8 Å². The van der Waals surface area contributed by atoms with Crippen molar-refractivity contribution in [2.24, 2.45) is 7.05 Å². The van der Waals surface area contributed by atoms with Crippen molar-refractivity contribution in [3.8, 4) is 5.75 Å². The molecule has 4 rings (SSSR count). The SMILES string of the molecule is CCCC(c1ccc(C(=O)NCCC(=O)O)cc1)c1nc2cc(OCc3ccc(I)cc3Cl)ccc2n1C. The van der Waals surface area contributed by atoms with Gasteiger partial charge in [-0.25, -0.2) is 4.98 Å². The largest absolute Gasteiger partial charge is 0.489 e. The summed E-state index contributed by atoms with van der Waals surface area (Å²) in [6.07, 6.45) is 1.76. The number of imidazole rings is 1. The Hall–Kier alpha value is -3.11. The molecule has 0 bridgehead atoms. The van der Waals surface area contributed by atoms with Crippen molar-refractivity contribution in [3.63, 3.8) is 0 Å². The molecule has 1 heterocycles. The molecule has 0 spiro atoms. The van der Waals surface area contributed by atoms with Crippen molar-refractivity contribution in [1.29, 1.82) is 0 Å². The van der Waals surface area contributed by atoms with E-state index in [1.807, 2.05) is 55.6 Å². The number of hydrogen-bond acceptors (Lipinski definition) is 4. The van der Waals surface area contributed by atoms with Crippen LogP contribution in [-0.4, -0.2) is 33.1 Å². The second-order valence-corrected chi connectivity index (χ2v) is 10.7. The third kappa shape index (κ3) is 6.66. The lowest BCUT2D eigenvalue weighted by molar-refractivity contribution is -0.136. The summed E-state index contributed by atoms with van der Waals surface area (Å²) >= 11 is 8.59. The number of nitrogens with zero attached hydrogens (tertiary/aromatic N) is 2. The molecule has 0 aliphatic carbocycles. The van der Waals surface area contributed by atoms with Crippen molar-refractivity contribution in [1.82, 2.24) is 14.9 Å². The van der Waals surface area contributed by atoms with Gasteiger partial charge >= 0.3 is 5.97 Å². The van der Waals surface area contributed by atoms with E-state index < -0.39 is 5.97 Å². The van der Waals surface area contributed by atoms with Gasteiger partial charge in [-0.15, -0.1) is 0 Å². The number of carbonyl (C=O) groups is 2. The number of benzene rings is 3. The summed E-state index contributed by atoms with van der Waals surface area (Å²) in [6, 6.07) is 19.3. The average Bonchev–Trinajstić information content (AvgIpc) is 3.22. The van der Waals surface area contributed by atoms with Crippen LogP contribution in [0, 0.1) is 3.57 Å². The van der Waals surface area contributed by atoms with E-state index in [1.54, 1.807) is 12.1 Å². The molecule has 7 nitrogen and oxygen atoms in total. The average molecular weight is 646 g/mol. The summed E-state index contributed by atoms with van der Waals surface area (Å²) < 4.78 is 9.22. The molecule has 1 atom stereocenters. The van der Waals surface area contributed by atoms with Crippen molar-refractivity contribution >= 4 is 57.1 Å². The van der Waals surface area contributed by atoms with Crippen molar-refractivity contribution in [2.45, 2.75) is 38.7 Å². The standard InChI is InChI=1S/C29H29ClIN3O4/c1-3-4-23(18-5-7-19(8-6-18)29(37)32-14-13-27(35)36)28-33-25-16-22(11-12-26(25)34(28)2)38-17-20-9-10-21(31)15-24(20)30/h5-12,15-16,23H,3-4,13-14,17H2,1-2H3,(H,32,37)(H,35,36). The summed E-state index contributed by atoms with van der Waals surface area (Å²) in [5.74, 6) is 0.489. The van der Waals surface area contributed by atoms with E-state index in [1.165, 1.54) is 0 Å². The van der Waals surface area contributed by atoms with Gasteiger partial charge in [-0.2, -0.15) is 0 Å². The molecule has 3 aromatic carbocycles. The molecule has 0 saturated carbocycles. The van der Waals surface area contributed by atoms with Crippen LogP contribution in [0.5, 0.6) is 5.75 Å². The number of aromatic nitrogens is 2. The lowest BCUT2D eigenvalue weighted by Crippen LogP contribution is -2.26. The Morgan fingerprint density at radius 3 is 2.58 bits per heavy atom. The van der Waals surface area contributed by atoms with Crippen LogP contribution >= 0.6 is 34.2 Å². The van der Waals surface area contributed by atoms with Gasteiger partial charge in [0, 0.05) is 45.3 Å². The van der Waals surface area contributed by atoms with Gasteiger partial charge in [0.25, 0.3) is 5.91 Å². The molecule has 0 saturated heterocycles. The number of halogens is 2. The fraction of sp³-hybridized carbons (Fsp3) is 0.276. The third-order valence-corrected chi connectivity index (χ3v) is 7.41. The van der Waals surface area contributed by atoms with Crippen LogP contribution in [0.3, 0.4) is 0 Å². The van der Waals surface area contributed by atoms with Crippen LogP contribution in [0.15, 0.2) is 60.7 Å². The first-order valence-corrected chi connectivity index (χ1v) is 13.9. The number of carboxylic acid groups (broad SMARTS) is 1. The zero-order chi connectivity index (χ0) is 27.2. The Morgan fingerprint density at radius 1 is 1.13 bits per heavy atom. The molecular weight excluding hydrogens is 617 g/mol. The Bertz CT molecular complexity index is 1450. The predicted molar refractivity (Wildman–Crippen MR) is 157 cm³/mol.